The van der Waals surface area contributed by atoms with Gasteiger partial charge >= 0.3 is 6.18 Å². The lowest BCUT2D eigenvalue weighted by Gasteiger charge is -2.39. The molecule has 3 heterocycles. The van der Waals surface area contributed by atoms with Crippen LogP contribution in [0.4, 0.5) is 18.3 Å². The van der Waals surface area contributed by atoms with Crippen molar-refractivity contribution in [2.45, 2.75) is 18.7 Å². The Labute approximate surface area is 152 Å². The average Bonchev–Trinajstić information content (AvgIpc) is 3.19. The van der Waals surface area contributed by atoms with Crippen molar-refractivity contribution in [3.8, 4) is 0 Å². The zero-order chi connectivity index (χ0) is 18.5. The third-order valence-corrected chi connectivity index (χ3v) is 5.66. The number of hydrogen-bond donors (Lipinski definition) is 0. The van der Waals surface area contributed by atoms with Crippen molar-refractivity contribution < 1.29 is 17.9 Å². The quantitative estimate of drug-likeness (QED) is 0.676. The molecule has 1 fully saturated rings. The molecule has 5 nitrogen and oxygen atoms in total. The number of fused-ring (bicyclic) bond motifs is 1. The van der Waals surface area contributed by atoms with E-state index in [0.29, 0.717) is 30.3 Å². The summed E-state index contributed by atoms with van der Waals surface area (Å²) < 4.78 is 47.2. The first-order valence-corrected chi connectivity index (χ1v) is 8.92. The van der Waals surface area contributed by atoms with E-state index in [-0.39, 0.29) is 0 Å². The fraction of sp³-hybridized carbons (Fsp3) is 0.412. The van der Waals surface area contributed by atoms with Gasteiger partial charge in [-0.25, -0.2) is 4.98 Å². The van der Waals surface area contributed by atoms with Crippen molar-refractivity contribution in [1.29, 1.82) is 0 Å². The van der Waals surface area contributed by atoms with Crippen LogP contribution in [0.1, 0.15) is 18.1 Å². The first-order valence-electron chi connectivity index (χ1n) is 8.10. The van der Waals surface area contributed by atoms with E-state index < -0.39 is 17.3 Å². The van der Waals surface area contributed by atoms with E-state index in [2.05, 4.69) is 15.0 Å². The largest absolute Gasteiger partial charge is 0.416 e. The van der Waals surface area contributed by atoms with Gasteiger partial charge < -0.3 is 9.64 Å². The molecule has 9 heteroatoms. The van der Waals surface area contributed by atoms with Gasteiger partial charge in [-0.05, 0) is 25.1 Å². The van der Waals surface area contributed by atoms with Crippen molar-refractivity contribution in [3.05, 3.63) is 41.7 Å². The lowest BCUT2D eigenvalue weighted by molar-refractivity contribution is -0.137. The first-order chi connectivity index (χ1) is 12.2. The number of rotatable bonds is 2. The molecule has 0 radical (unpaired) electrons. The zero-order valence-corrected chi connectivity index (χ0v) is 15.1. The van der Waals surface area contributed by atoms with Crippen LogP contribution in [0.5, 0.6) is 0 Å². The summed E-state index contributed by atoms with van der Waals surface area (Å²) in [6.07, 6.45) is -0.676. The molecule has 138 valence electrons. The van der Waals surface area contributed by atoms with Crippen LogP contribution in [0.25, 0.3) is 10.2 Å². The highest BCUT2D eigenvalue weighted by Crippen LogP contribution is 2.37. The molecule has 0 aliphatic carbocycles. The molecule has 1 saturated heterocycles. The van der Waals surface area contributed by atoms with Gasteiger partial charge in [-0.15, -0.1) is 0 Å². The SMILES string of the molecule is Cn1cc(C2(C)CN(c3nc4cc(C(F)(F)F)ccc4s3)CCO2)cn1. The van der Waals surface area contributed by atoms with Gasteiger partial charge in [0.05, 0.1) is 35.1 Å². The number of ether oxygens (including phenoxy) is 1. The van der Waals surface area contributed by atoms with Crippen LogP contribution in [-0.2, 0) is 23.6 Å². The van der Waals surface area contributed by atoms with Gasteiger partial charge in [-0.1, -0.05) is 11.3 Å². The maximum atomic E-state index is 12.9. The van der Waals surface area contributed by atoms with Crippen LogP contribution >= 0.6 is 11.3 Å². The second kappa shape index (κ2) is 5.95. The fourth-order valence-electron chi connectivity index (χ4n) is 3.13. The number of aryl methyl sites for hydroxylation is 1. The first kappa shape index (κ1) is 17.3. The van der Waals surface area contributed by atoms with Gasteiger partial charge in [0.25, 0.3) is 0 Å². The van der Waals surface area contributed by atoms with Crippen molar-refractivity contribution in [3.63, 3.8) is 0 Å². The van der Waals surface area contributed by atoms with E-state index in [4.69, 9.17) is 4.74 Å². The molecule has 26 heavy (non-hydrogen) atoms. The van der Waals surface area contributed by atoms with Gasteiger partial charge in [0.1, 0.15) is 5.60 Å². The molecule has 1 aromatic carbocycles. The summed E-state index contributed by atoms with van der Waals surface area (Å²) in [5.74, 6) is 0. The second-order valence-electron chi connectivity index (χ2n) is 6.58. The monoisotopic (exact) mass is 382 g/mol. The van der Waals surface area contributed by atoms with Crippen molar-refractivity contribution in [1.82, 2.24) is 14.8 Å². The Bertz CT molecular complexity index is 951. The lowest BCUT2D eigenvalue weighted by Crippen LogP contribution is -2.48. The van der Waals surface area contributed by atoms with E-state index >= 15 is 0 Å². The summed E-state index contributed by atoms with van der Waals surface area (Å²) in [7, 11) is 1.85. The number of aromatic nitrogens is 3. The highest BCUT2D eigenvalue weighted by atomic mass is 32.1. The van der Waals surface area contributed by atoms with Gasteiger partial charge in [0.2, 0.25) is 0 Å². The Morgan fingerprint density at radius 2 is 2.12 bits per heavy atom. The van der Waals surface area contributed by atoms with Crippen LogP contribution < -0.4 is 4.90 Å². The average molecular weight is 382 g/mol. The van der Waals surface area contributed by atoms with Crippen LogP contribution in [0.2, 0.25) is 0 Å². The van der Waals surface area contributed by atoms with E-state index in [9.17, 15) is 13.2 Å². The molecule has 1 unspecified atom stereocenters. The highest BCUT2D eigenvalue weighted by molar-refractivity contribution is 7.22. The minimum atomic E-state index is -4.37. The molecule has 1 aliphatic heterocycles. The summed E-state index contributed by atoms with van der Waals surface area (Å²) in [6.45, 7) is 3.70. The topological polar surface area (TPSA) is 43.2 Å². The Hall–Kier alpha value is -2.13. The Morgan fingerprint density at radius 3 is 2.81 bits per heavy atom. The maximum Gasteiger partial charge on any atom is 0.416 e. The number of hydrogen-bond acceptors (Lipinski definition) is 5. The molecule has 2 aromatic heterocycles. The molecule has 0 bridgehead atoms. The van der Waals surface area contributed by atoms with Crippen LogP contribution in [0.15, 0.2) is 30.6 Å². The fourth-order valence-corrected chi connectivity index (χ4v) is 4.10. The molecule has 0 spiro atoms. The number of thiazole rings is 1. The molecule has 0 N–H and O–H groups in total. The molecule has 1 atom stereocenters. The smallest absolute Gasteiger partial charge is 0.367 e. The number of halogens is 3. The van der Waals surface area contributed by atoms with Gasteiger partial charge in [0.15, 0.2) is 5.13 Å². The lowest BCUT2D eigenvalue weighted by atomic mass is 9.97. The third kappa shape index (κ3) is 3.05. The third-order valence-electron chi connectivity index (χ3n) is 4.56. The van der Waals surface area contributed by atoms with E-state index in [1.54, 1.807) is 10.9 Å². The predicted molar refractivity (Wildman–Crippen MR) is 93.3 cm³/mol. The van der Waals surface area contributed by atoms with E-state index in [1.165, 1.54) is 17.4 Å². The van der Waals surface area contributed by atoms with Crippen LogP contribution in [0.3, 0.4) is 0 Å². The predicted octanol–water partition coefficient (Wildman–Crippen LogP) is 3.80. The Kier molecular flexibility index (Phi) is 3.96. The number of benzene rings is 1. The Morgan fingerprint density at radius 1 is 1.31 bits per heavy atom. The normalized spacial score (nSPS) is 21.5. The molecule has 0 saturated carbocycles. The molecule has 3 aromatic rings. The summed E-state index contributed by atoms with van der Waals surface area (Å²) in [5.41, 5.74) is 0.116. The summed E-state index contributed by atoms with van der Waals surface area (Å²) >= 11 is 1.40. The summed E-state index contributed by atoms with van der Waals surface area (Å²) in [5, 5.41) is 4.91. The zero-order valence-electron chi connectivity index (χ0n) is 14.2. The number of morpholine rings is 1. The number of anilines is 1. The standard InChI is InChI=1S/C17H17F3N4OS/c1-16(12-8-21-23(2)9-12)10-24(5-6-25-16)15-22-13-7-11(17(18,19)20)3-4-14(13)26-15/h3-4,7-9H,5-6,10H2,1-2H3. The summed E-state index contributed by atoms with van der Waals surface area (Å²) in [4.78, 5) is 6.51. The molecular formula is C17H17F3N4OS. The number of alkyl halides is 3. The minimum Gasteiger partial charge on any atom is -0.367 e. The number of nitrogens with zero attached hydrogens (tertiary/aromatic N) is 4. The van der Waals surface area contributed by atoms with E-state index in [1.807, 2.05) is 20.2 Å². The van der Waals surface area contributed by atoms with Crippen molar-refractivity contribution in [2.75, 3.05) is 24.6 Å². The minimum absolute atomic E-state index is 0.370. The van der Waals surface area contributed by atoms with Crippen LogP contribution in [-0.4, -0.2) is 34.5 Å². The van der Waals surface area contributed by atoms with Crippen molar-refractivity contribution in [2.24, 2.45) is 7.05 Å². The highest BCUT2D eigenvalue weighted by Gasteiger charge is 2.36. The molecule has 0 amide bonds. The maximum absolute atomic E-state index is 12.9. The Balaban J connectivity index is 1.64. The molecule has 1 aliphatic rings. The van der Waals surface area contributed by atoms with Gasteiger partial charge in [0, 0.05) is 25.4 Å². The van der Waals surface area contributed by atoms with Crippen LogP contribution in [0, 0.1) is 0 Å². The summed E-state index contributed by atoms with van der Waals surface area (Å²) in [6, 6.07) is 3.69. The molecular weight excluding hydrogens is 365 g/mol. The molecule has 4 rings (SSSR count). The van der Waals surface area contributed by atoms with Gasteiger partial charge in [-0.2, -0.15) is 18.3 Å². The second-order valence-corrected chi connectivity index (χ2v) is 7.59. The van der Waals surface area contributed by atoms with Gasteiger partial charge in [-0.3, -0.25) is 4.68 Å². The van der Waals surface area contributed by atoms with Crippen molar-refractivity contribution >= 4 is 26.7 Å². The van der Waals surface area contributed by atoms with E-state index in [0.717, 1.165) is 22.4 Å².